The van der Waals surface area contributed by atoms with Crippen molar-refractivity contribution in [2.45, 2.75) is 38.2 Å². The quantitative estimate of drug-likeness (QED) is 0.794. The highest BCUT2D eigenvalue weighted by Crippen LogP contribution is 2.22. The molecule has 3 aliphatic rings. The summed E-state index contributed by atoms with van der Waals surface area (Å²) in [6.07, 6.45) is 3.99. The first-order valence-corrected chi connectivity index (χ1v) is 10.2. The number of rotatable bonds is 3. The van der Waals surface area contributed by atoms with Gasteiger partial charge in [0.05, 0.1) is 0 Å². The fourth-order valence-corrected chi connectivity index (χ4v) is 4.15. The normalized spacial score (nSPS) is 23.2. The Labute approximate surface area is 165 Å². The zero-order valence-electron chi connectivity index (χ0n) is 16.1. The molecular weight excluding hydrogens is 358 g/mol. The zero-order chi connectivity index (χ0) is 19.5. The second-order valence-corrected chi connectivity index (χ2v) is 7.67. The topological polar surface area (TPSA) is 70.2 Å². The molecule has 1 aromatic carbocycles. The Morgan fingerprint density at radius 1 is 0.893 bits per heavy atom. The molecule has 0 saturated carbocycles. The number of hydrogen-bond donors (Lipinski definition) is 0. The highest BCUT2D eigenvalue weighted by molar-refractivity contribution is 5.97. The molecule has 0 spiro atoms. The van der Waals surface area contributed by atoms with Crippen LogP contribution >= 0.6 is 0 Å². The highest BCUT2D eigenvalue weighted by Gasteiger charge is 2.31. The summed E-state index contributed by atoms with van der Waals surface area (Å²) < 4.78 is 5.48. The Hall–Kier alpha value is -2.41. The van der Waals surface area contributed by atoms with Crippen LogP contribution in [0.1, 0.15) is 42.5 Å². The van der Waals surface area contributed by atoms with Crippen LogP contribution in [0.3, 0.4) is 0 Å². The average Bonchev–Trinajstić information content (AvgIpc) is 3.28. The third-order valence-corrected chi connectivity index (χ3v) is 5.83. The number of piperidine rings is 1. The molecule has 7 heteroatoms. The highest BCUT2D eigenvalue weighted by atomic mass is 16.5. The number of piperazine rings is 1. The van der Waals surface area contributed by atoms with E-state index in [0.29, 0.717) is 44.8 Å². The van der Waals surface area contributed by atoms with Crippen LogP contribution < -0.4 is 4.90 Å². The summed E-state index contributed by atoms with van der Waals surface area (Å²) in [6.45, 7) is 3.56. The first-order valence-electron chi connectivity index (χ1n) is 10.2. The maximum Gasteiger partial charge on any atom is 0.253 e. The van der Waals surface area contributed by atoms with Gasteiger partial charge in [-0.2, -0.15) is 0 Å². The SMILES string of the molecule is O=C(c1ccc(N2CCCCC2=O)cc1)N1CCN(C(=O)C2CCCO2)CC1. The van der Waals surface area contributed by atoms with Crippen molar-refractivity contribution in [3.63, 3.8) is 0 Å². The second-order valence-electron chi connectivity index (χ2n) is 7.67. The van der Waals surface area contributed by atoms with E-state index in [2.05, 4.69) is 0 Å². The monoisotopic (exact) mass is 385 g/mol. The Morgan fingerprint density at radius 3 is 2.25 bits per heavy atom. The van der Waals surface area contributed by atoms with Crippen molar-refractivity contribution in [2.75, 3.05) is 44.2 Å². The molecule has 3 amide bonds. The van der Waals surface area contributed by atoms with Crippen LogP contribution in [0.4, 0.5) is 5.69 Å². The van der Waals surface area contributed by atoms with E-state index in [-0.39, 0.29) is 23.8 Å². The average molecular weight is 385 g/mol. The molecule has 0 bridgehead atoms. The van der Waals surface area contributed by atoms with Gasteiger partial charge in [0.2, 0.25) is 5.91 Å². The van der Waals surface area contributed by atoms with Gasteiger partial charge in [-0.05, 0) is 49.9 Å². The van der Waals surface area contributed by atoms with E-state index in [1.165, 1.54) is 0 Å². The summed E-state index contributed by atoms with van der Waals surface area (Å²) in [7, 11) is 0. The summed E-state index contributed by atoms with van der Waals surface area (Å²) in [5.41, 5.74) is 1.47. The molecule has 0 N–H and O–H groups in total. The molecule has 0 aromatic heterocycles. The van der Waals surface area contributed by atoms with E-state index in [0.717, 1.165) is 37.9 Å². The number of anilines is 1. The first kappa shape index (κ1) is 18.9. The number of amides is 3. The lowest BCUT2D eigenvalue weighted by atomic mass is 10.1. The molecule has 3 fully saturated rings. The van der Waals surface area contributed by atoms with Gasteiger partial charge < -0.3 is 19.4 Å². The number of carbonyl (C=O) groups is 3. The third kappa shape index (κ3) is 3.90. The second kappa shape index (κ2) is 8.31. The van der Waals surface area contributed by atoms with Crippen LogP contribution in [-0.2, 0) is 14.3 Å². The van der Waals surface area contributed by atoms with Gasteiger partial charge in [0.1, 0.15) is 6.10 Å². The van der Waals surface area contributed by atoms with Crippen LogP contribution in [-0.4, -0.2) is 73.0 Å². The minimum Gasteiger partial charge on any atom is -0.368 e. The molecule has 0 aliphatic carbocycles. The molecule has 0 radical (unpaired) electrons. The Morgan fingerprint density at radius 2 is 1.61 bits per heavy atom. The van der Waals surface area contributed by atoms with Gasteiger partial charge in [-0.3, -0.25) is 14.4 Å². The van der Waals surface area contributed by atoms with Crippen LogP contribution in [0.25, 0.3) is 0 Å². The van der Waals surface area contributed by atoms with E-state index in [4.69, 9.17) is 4.74 Å². The minimum absolute atomic E-state index is 0.0271. The van der Waals surface area contributed by atoms with Crippen molar-refractivity contribution >= 4 is 23.4 Å². The molecule has 1 aromatic rings. The Kier molecular flexibility index (Phi) is 5.62. The first-order chi connectivity index (χ1) is 13.6. The predicted molar refractivity (Wildman–Crippen MR) is 104 cm³/mol. The molecule has 4 rings (SSSR count). The Balaban J connectivity index is 1.33. The van der Waals surface area contributed by atoms with E-state index in [1.807, 2.05) is 17.0 Å². The van der Waals surface area contributed by atoms with Gasteiger partial charge in [-0.1, -0.05) is 0 Å². The standard InChI is InChI=1S/C21H27N3O4/c25-19-5-1-2-10-24(19)17-8-6-16(7-9-17)20(26)22-11-13-23(14-12-22)21(27)18-4-3-15-28-18/h6-9,18H,1-5,10-15H2. The molecule has 3 heterocycles. The summed E-state index contributed by atoms with van der Waals surface area (Å²) in [5.74, 6) is 0.179. The maximum absolute atomic E-state index is 12.8. The van der Waals surface area contributed by atoms with Crippen LogP contribution in [0.2, 0.25) is 0 Å². The van der Waals surface area contributed by atoms with Gasteiger partial charge in [0, 0.05) is 57.0 Å². The van der Waals surface area contributed by atoms with Crippen molar-refractivity contribution in [3.8, 4) is 0 Å². The Bertz CT molecular complexity index is 735. The molecular formula is C21H27N3O4. The number of ether oxygens (including phenoxy) is 1. The van der Waals surface area contributed by atoms with Crippen LogP contribution in [0.15, 0.2) is 24.3 Å². The van der Waals surface area contributed by atoms with Crippen molar-refractivity contribution in [1.82, 2.24) is 9.80 Å². The zero-order valence-corrected chi connectivity index (χ0v) is 16.1. The van der Waals surface area contributed by atoms with Crippen molar-refractivity contribution in [2.24, 2.45) is 0 Å². The molecule has 3 aliphatic heterocycles. The lowest BCUT2D eigenvalue weighted by molar-refractivity contribution is -0.142. The van der Waals surface area contributed by atoms with E-state index < -0.39 is 0 Å². The summed E-state index contributed by atoms with van der Waals surface area (Å²) in [5, 5.41) is 0. The molecule has 1 unspecified atom stereocenters. The molecule has 1 atom stereocenters. The van der Waals surface area contributed by atoms with Gasteiger partial charge >= 0.3 is 0 Å². The van der Waals surface area contributed by atoms with E-state index in [1.54, 1.807) is 21.9 Å². The summed E-state index contributed by atoms with van der Waals surface area (Å²) in [6, 6.07) is 7.30. The fourth-order valence-electron chi connectivity index (χ4n) is 4.15. The summed E-state index contributed by atoms with van der Waals surface area (Å²) in [4.78, 5) is 42.7. The van der Waals surface area contributed by atoms with Crippen molar-refractivity contribution in [1.29, 1.82) is 0 Å². The van der Waals surface area contributed by atoms with Crippen molar-refractivity contribution in [3.05, 3.63) is 29.8 Å². The minimum atomic E-state index is -0.299. The lowest BCUT2D eigenvalue weighted by Gasteiger charge is -2.35. The van der Waals surface area contributed by atoms with Gasteiger partial charge in [0.15, 0.2) is 0 Å². The van der Waals surface area contributed by atoms with Crippen LogP contribution in [0.5, 0.6) is 0 Å². The smallest absolute Gasteiger partial charge is 0.253 e. The summed E-state index contributed by atoms with van der Waals surface area (Å²) >= 11 is 0. The number of hydrogen-bond acceptors (Lipinski definition) is 4. The fraction of sp³-hybridized carbons (Fsp3) is 0.571. The maximum atomic E-state index is 12.8. The van der Waals surface area contributed by atoms with Gasteiger partial charge in [0.25, 0.3) is 11.8 Å². The number of carbonyl (C=O) groups excluding carboxylic acids is 3. The van der Waals surface area contributed by atoms with Gasteiger partial charge in [-0.25, -0.2) is 0 Å². The molecule has 28 heavy (non-hydrogen) atoms. The number of benzene rings is 1. The van der Waals surface area contributed by atoms with Gasteiger partial charge in [-0.15, -0.1) is 0 Å². The largest absolute Gasteiger partial charge is 0.368 e. The van der Waals surface area contributed by atoms with Crippen molar-refractivity contribution < 1.29 is 19.1 Å². The van der Waals surface area contributed by atoms with E-state index in [9.17, 15) is 14.4 Å². The lowest BCUT2D eigenvalue weighted by Crippen LogP contribution is -2.52. The van der Waals surface area contributed by atoms with Crippen LogP contribution in [0, 0.1) is 0 Å². The molecule has 3 saturated heterocycles. The number of nitrogens with zero attached hydrogens (tertiary/aromatic N) is 3. The predicted octanol–water partition coefficient (Wildman–Crippen LogP) is 1.67. The van der Waals surface area contributed by atoms with E-state index >= 15 is 0 Å². The third-order valence-electron chi connectivity index (χ3n) is 5.83. The molecule has 7 nitrogen and oxygen atoms in total. The molecule has 150 valence electrons.